The van der Waals surface area contributed by atoms with Crippen LogP contribution in [0.25, 0.3) is 0 Å². The Morgan fingerprint density at radius 3 is 2.70 bits per heavy atom. The van der Waals surface area contributed by atoms with Gasteiger partial charge < -0.3 is 20.3 Å². The van der Waals surface area contributed by atoms with Gasteiger partial charge in [0, 0.05) is 24.8 Å². The molecule has 27 heavy (non-hydrogen) atoms. The van der Waals surface area contributed by atoms with Crippen LogP contribution in [-0.2, 0) is 9.53 Å². The number of fused-ring (bicyclic) bond motifs is 1. The number of nitrogens with zero attached hydrogens (tertiary/aromatic N) is 1. The third-order valence-electron chi connectivity index (χ3n) is 5.94. The van der Waals surface area contributed by atoms with E-state index in [-0.39, 0.29) is 17.9 Å². The van der Waals surface area contributed by atoms with Crippen LogP contribution in [0.1, 0.15) is 42.5 Å². The summed E-state index contributed by atoms with van der Waals surface area (Å²) in [6, 6.07) is 5.43. The summed E-state index contributed by atoms with van der Waals surface area (Å²) in [6.07, 6.45) is 5.80. The van der Waals surface area contributed by atoms with Gasteiger partial charge in [0.05, 0.1) is 29.8 Å². The van der Waals surface area contributed by atoms with Gasteiger partial charge >= 0.3 is 0 Å². The number of ether oxygens (including phenoxy) is 1. The number of hydrogen-bond donors (Lipinski definition) is 2. The van der Waals surface area contributed by atoms with E-state index in [9.17, 15) is 9.59 Å². The number of carbonyl (C=O) groups is 2. The lowest BCUT2D eigenvalue weighted by atomic mass is 9.85. The van der Waals surface area contributed by atoms with Crippen LogP contribution >= 0.6 is 11.6 Å². The average Bonchev–Trinajstić information content (AvgIpc) is 3.13. The maximum Gasteiger partial charge on any atom is 0.255 e. The number of carbonyl (C=O) groups excluding carboxylic acids is 2. The van der Waals surface area contributed by atoms with Crippen molar-refractivity contribution in [1.82, 2.24) is 10.2 Å². The average molecular weight is 392 g/mol. The van der Waals surface area contributed by atoms with E-state index in [1.54, 1.807) is 23.1 Å². The van der Waals surface area contributed by atoms with Crippen molar-refractivity contribution < 1.29 is 14.3 Å². The minimum atomic E-state index is -0.147. The predicted molar refractivity (Wildman–Crippen MR) is 104 cm³/mol. The summed E-state index contributed by atoms with van der Waals surface area (Å²) in [6.45, 7) is 2.24. The quantitative estimate of drug-likeness (QED) is 0.831. The van der Waals surface area contributed by atoms with E-state index in [2.05, 4.69) is 10.6 Å². The van der Waals surface area contributed by atoms with Gasteiger partial charge in [0.1, 0.15) is 0 Å². The zero-order valence-electron chi connectivity index (χ0n) is 15.4. The molecular weight excluding hydrogens is 366 g/mol. The lowest BCUT2D eigenvalue weighted by Gasteiger charge is -2.27. The topological polar surface area (TPSA) is 70.7 Å². The SMILES string of the molecule is O=C(Nc1ccc(C(=O)N2CCOCC2)c(Cl)c1)C1CC2CCCCC2N1. The van der Waals surface area contributed by atoms with Crippen LogP contribution in [0.3, 0.4) is 0 Å². The van der Waals surface area contributed by atoms with Crippen molar-refractivity contribution in [2.75, 3.05) is 31.6 Å². The second-order valence-corrected chi connectivity index (χ2v) is 8.10. The fourth-order valence-electron chi connectivity index (χ4n) is 4.45. The molecule has 3 unspecified atom stereocenters. The van der Waals surface area contributed by atoms with E-state index in [1.165, 1.54) is 25.7 Å². The minimum absolute atomic E-state index is 0.0206. The predicted octanol–water partition coefficient (Wildman–Crippen LogP) is 2.67. The molecule has 2 saturated heterocycles. The Labute approximate surface area is 164 Å². The molecule has 3 atom stereocenters. The van der Waals surface area contributed by atoms with Gasteiger partial charge in [-0.25, -0.2) is 0 Å². The highest BCUT2D eigenvalue weighted by Gasteiger charge is 2.38. The van der Waals surface area contributed by atoms with E-state index in [1.807, 2.05) is 0 Å². The van der Waals surface area contributed by atoms with Crippen molar-refractivity contribution in [3.05, 3.63) is 28.8 Å². The van der Waals surface area contributed by atoms with Crippen molar-refractivity contribution in [2.45, 2.75) is 44.2 Å². The van der Waals surface area contributed by atoms with Crippen LogP contribution in [0.5, 0.6) is 0 Å². The molecule has 4 rings (SSSR count). The Morgan fingerprint density at radius 1 is 1.19 bits per heavy atom. The lowest BCUT2D eigenvalue weighted by molar-refractivity contribution is -0.117. The molecule has 0 bridgehead atoms. The van der Waals surface area contributed by atoms with Gasteiger partial charge in [-0.1, -0.05) is 24.4 Å². The Hall–Kier alpha value is -1.63. The second kappa shape index (κ2) is 8.17. The van der Waals surface area contributed by atoms with Crippen molar-refractivity contribution in [2.24, 2.45) is 5.92 Å². The van der Waals surface area contributed by atoms with Gasteiger partial charge in [-0.15, -0.1) is 0 Å². The van der Waals surface area contributed by atoms with Gasteiger partial charge in [0.25, 0.3) is 5.91 Å². The number of morpholine rings is 1. The molecule has 1 saturated carbocycles. The lowest BCUT2D eigenvalue weighted by Crippen LogP contribution is -2.41. The zero-order valence-corrected chi connectivity index (χ0v) is 16.1. The molecule has 1 aromatic rings. The Bertz CT molecular complexity index is 706. The first kappa shape index (κ1) is 18.7. The minimum Gasteiger partial charge on any atom is -0.378 e. The monoisotopic (exact) mass is 391 g/mol. The van der Waals surface area contributed by atoms with E-state index in [0.29, 0.717) is 54.5 Å². The fraction of sp³-hybridized carbons (Fsp3) is 0.600. The maximum absolute atomic E-state index is 12.6. The summed E-state index contributed by atoms with van der Waals surface area (Å²) in [7, 11) is 0. The highest BCUT2D eigenvalue weighted by Crippen LogP contribution is 2.33. The van der Waals surface area contributed by atoms with Crippen LogP contribution in [-0.4, -0.2) is 55.1 Å². The second-order valence-electron chi connectivity index (χ2n) is 7.69. The van der Waals surface area contributed by atoms with Crippen LogP contribution in [0.4, 0.5) is 5.69 Å². The molecule has 2 amide bonds. The van der Waals surface area contributed by atoms with Crippen LogP contribution < -0.4 is 10.6 Å². The summed E-state index contributed by atoms with van der Waals surface area (Å²) < 4.78 is 5.28. The van der Waals surface area contributed by atoms with Crippen molar-refractivity contribution in [3.63, 3.8) is 0 Å². The number of nitrogens with one attached hydrogen (secondary N) is 2. The molecule has 2 aliphatic heterocycles. The number of amides is 2. The van der Waals surface area contributed by atoms with Gasteiger partial charge in [-0.2, -0.15) is 0 Å². The van der Waals surface area contributed by atoms with E-state index < -0.39 is 0 Å². The van der Waals surface area contributed by atoms with E-state index >= 15 is 0 Å². The molecule has 1 aliphatic carbocycles. The Morgan fingerprint density at radius 2 is 1.96 bits per heavy atom. The Balaban J connectivity index is 1.39. The standard InChI is InChI=1S/C20H26ClN3O3/c21-16-12-14(5-6-15(16)20(26)24-7-9-27-10-8-24)22-19(25)18-11-13-3-1-2-4-17(13)23-18/h5-6,12-13,17-18,23H,1-4,7-11H2,(H,22,25). The fourth-order valence-corrected chi connectivity index (χ4v) is 4.71. The summed E-state index contributed by atoms with van der Waals surface area (Å²) >= 11 is 6.34. The molecule has 0 radical (unpaired) electrons. The number of hydrogen-bond acceptors (Lipinski definition) is 4. The Kier molecular flexibility index (Phi) is 5.66. The maximum atomic E-state index is 12.6. The third-order valence-corrected chi connectivity index (χ3v) is 6.26. The number of rotatable bonds is 3. The number of benzene rings is 1. The van der Waals surface area contributed by atoms with Gasteiger partial charge in [0.15, 0.2) is 0 Å². The highest BCUT2D eigenvalue weighted by atomic mass is 35.5. The highest BCUT2D eigenvalue weighted by molar-refractivity contribution is 6.34. The first-order valence-electron chi connectivity index (χ1n) is 9.85. The van der Waals surface area contributed by atoms with Crippen molar-refractivity contribution >= 4 is 29.1 Å². The van der Waals surface area contributed by atoms with Crippen molar-refractivity contribution in [3.8, 4) is 0 Å². The molecule has 2 heterocycles. The third kappa shape index (κ3) is 4.13. The number of anilines is 1. The van der Waals surface area contributed by atoms with Crippen LogP contribution in [0, 0.1) is 5.92 Å². The molecule has 6 nitrogen and oxygen atoms in total. The van der Waals surface area contributed by atoms with Gasteiger partial charge in [0.2, 0.25) is 5.91 Å². The molecular formula is C20H26ClN3O3. The molecule has 0 aromatic heterocycles. The normalized spacial score (nSPS) is 27.9. The van der Waals surface area contributed by atoms with Crippen LogP contribution in [0.2, 0.25) is 5.02 Å². The van der Waals surface area contributed by atoms with E-state index in [0.717, 1.165) is 6.42 Å². The van der Waals surface area contributed by atoms with Crippen molar-refractivity contribution in [1.29, 1.82) is 0 Å². The van der Waals surface area contributed by atoms with Gasteiger partial charge in [-0.05, 0) is 43.4 Å². The number of halogens is 1. The molecule has 0 spiro atoms. The van der Waals surface area contributed by atoms with Gasteiger partial charge in [-0.3, -0.25) is 9.59 Å². The summed E-state index contributed by atoms with van der Waals surface area (Å²) in [5.41, 5.74) is 1.08. The van der Waals surface area contributed by atoms with Crippen LogP contribution in [0.15, 0.2) is 18.2 Å². The molecule has 3 aliphatic rings. The molecule has 3 fully saturated rings. The first-order valence-corrected chi connectivity index (χ1v) is 10.2. The van der Waals surface area contributed by atoms with E-state index in [4.69, 9.17) is 16.3 Å². The molecule has 2 N–H and O–H groups in total. The zero-order chi connectivity index (χ0) is 18.8. The summed E-state index contributed by atoms with van der Waals surface area (Å²) in [4.78, 5) is 27.0. The smallest absolute Gasteiger partial charge is 0.255 e. The molecule has 1 aromatic carbocycles. The molecule has 7 heteroatoms. The summed E-state index contributed by atoms with van der Waals surface area (Å²) in [5.74, 6) is 0.502. The largest absolute Gasteiger partial charge is 0.378 e. The first-order chi connectivity index (χ1) is 13.1. The summed E-state index contributed by atoms with van der Waals surface area (Å²) in [5, 5.41) is 6.79. The molecule has 146 valence electrons.